The van der Waals surface area contributed by atoms with Gasteiger partial charge in [-0.25, -0.2) is 9.97 Å². The molecular weight excluding hydrogens is 260 g/mol. The van der Waals surface area contributed by atoms with Gasteiger partial charge < -0.3 is 10.1 Å². The number of rotatable bonds is 3. The van der Waals surface area contributed by atoms with Crippen LogP contribution in [0.25, 0.3) is 10.9 Å². The molecule has 7 nitrogen and oxygen atoms in total. The van der Waals surface area contributed by atoms with Gasteiger partial charge in [0.25, 0.3) is 5.69 Å². The van der Waals surface area contributed by atoms with Crippen LogP contribution in [0, 0.1) is 10.1 Å². The van der Waals surface area contributed by atoms with Gasteiger partial charge in [0.15, 0.2) is 0 Å². The topological polar surface area (TPSA) is 90.2 Å². The minimum absolute atomic E-state index is 0.0129. The zero-order valence-electron chi connectivity index (χ0n) is 10.8. The Morgan fingerprint density at radius 3 is 3.05 bits per heavy atom. The van der Waals surface area contributed by atoms with Gasteiger partial charge in [0.05, 0.1) is 15.8 Å². The summed E-state index contributed by atoms with van der Waals surface area (Å²) in [6, 6.07) is 4.50. The first kappa shape index (κ1) is 12.7. The van der Waals surface area contributed by atoms with Crippen LogP contribution in [0.15, 0.2) is 24.5 Å². The van der Waals surface area contributed by atoms with Crippen molar-refractivity contribution in [2.75, 3.05) is 13.1 Å². The van der Waals surface area contributed by atoms with E-state index in [1.54, 1.807) is 6.07 Å². The van der Waals surface area contributed by atoms with Crippen LogP contribution in [0.2, 0.25) is 0 Å². The number of aromatic nitrogens is 2. The summed E-state index contributed by atoms with van der Waals surface area (Å²) >= 11 is 0. The summed E-state index contributed by atoms with van der Waals surface area (Å²) in [5, 5.41) is 14.7. The second kappa shape index (κ2) is 5.38. The molecule has 2 heterocycles. The highest BCUT2D eigenvalue weighted by Crippen LogP contribution is 2.27. The van der Waals surface area contributed by atoms with Crippen molar-refractivity contribution < 1.29 is 9.66 Å². The number of nitrogens with zero attached hydrogens (tertiary/aromatic N) is 3. The van der Waals surface area contributed by atoms with Crippen molar-refractivity contribution in [3.8, 4) is 5.88 Å². The number of fused-ring (bicyclic) bond motifs is 1. The van der Waals surface area contributed by atoms with Gasteiger partial charge in [-0.2, -0.15) is 0 Å². The molecule has 1 aliphatic rings. The number of non-ortho nitro benzene ring substituents is 1. The molecule has 7 heteroatoms. The standard InChI is InChI=1S/C13H14N4O3/c18-17(19)9-3-4-12-11(6-9)13(16-8-15-12)20-10-2-1-5-14-7-10/h3-4,6,8,10,14H,1-2,5,7H2/t10-/m0/s1. The normalized spacial score (nSPS) is 18.9. The minimum Gasteiger partial charge on any atom is -0.472 e. The number of nitrogens with one attached hydrogen (secondary N) is 1. The summed E-state index contributed by atoms with van der Waals surface area (Å²) in [5.74, 6) is 0.410. The minimum atomic E-state index is -0.432. The second-order valence-corrected chi connectivity index (χ2v) is 4.72. The van der Waals surface area contributed by atoms with Crippen molar-refractivity contribution in [1.29, 1.82) is 0 Å². The Hall–Kier alpha value is -2.28. The van der Waals surface area contributed by atoms with Crippen LogP contribution in [-0.2, 0) is 0 Å². The molecule has 104 valence electrons. The molecule has 0 saturated carbocycles. The molecule has 3 rings (SSSR count). The molecule has 1 aromatic carbocycles. The molecule has 1 fully saturated rings. The Morgan fingerprint density at radius 1 is 1.40 bits per heavy atom. The molecule has 2 aromatic rings. The van der Waals surface area contributed by atoms with Crippen molar-refractivity contribution >= 4 is 16.6 Å². The summed E-state index contributed by atoms with van der Waals surface area (Å²) in [6.07, 6.45) is 3.46. The maximum absolute atomic E-state index is 10.9. The largest absolute Gasteiger partial charge is 0.472 e. The number of ether oxygens (including phenoxy) is 1. The van der Waals surface area contributed by atoms with E-state index in [0.717, 1.165) is 25.9 Å². The first-order chi connectivity index (χ1) is 9.74. The van der Waals surface area contributed by atoms with Gasteiger partial charge >= 0.3 is 0 Å². The van der Waals surface area contributed by atoms with Crippen LogP contribution in [0.4, 0.5) is 5.69 Å². The fourth-order valence-electron chi connectivity index (χ4n) is 2.31. The van der Waals surface area contributed by atoms with Crippen molar-refractivity contribution in [2.24, 2.45) is 0 Å². The van der Waals surface area contributed by atoms with Crippen LogP contribution in [0.3, 0.4) is 0 Å². The summed E-state index contributed by atoms with van der Waals surface area (Å²) in [4.78, 5) is 18.7. The first-order valence-electron chi connectivity index (χ1n) is 6.50. The van der Waals surface area contributed by atoms with Crippen molar-refractivity contribution in [3.63, 3.8) is 0 Å². The fraction of sp³-hybridized carbons (Fsp3) is 0.385. The van der Waals surface area contributed by atoms with E-state index in [4.69, 9.17) is 4.74 Å². The smallest absolute Gasteiger partial charge is 0.270 e. The molecule has 20 heavy (non-hydrogen) atoms. The third-order valence-electron chi connectivity index (χ3n) is 3.32. The van der Waals surface area contributed by atoms with Crippen LogP contribution >= 0.6 is 0 Å². The molecule has 1 atom stereocenters. The number of nitro groups is 1. The fourth-order valence-corrected chi connectivity index (χ4v) is 2.31. The molecule has 0 aliphatic carbocycles. The Labute approximate surface area is 115 Å². The number of piperidine rings is 1. The maximum atomic E-state index is 10.9. The predicted molar refractivity (Wildman–Crippen MR) is 72.7 cm³/mol. The van der Waals surface area contributed by atoms with Gasteiger partial charge in [0.2, 0.25) is 5.88 Å². The number of hydrogen-bond acceptors (Lipinski definition) is 6. The molecule has 0 radical (unpaired) electrons. The van der Waals surface area contributed by atoms with Gasteiger partial charge in [-0.05, 0) is 25.5 Å². The highest BCUT2D eigenvalue weighted by atomic mass is 16.6. The van der Waals surface area contributed by atoms with Crippen LogP contribution < -0.4 is 10.1 Å². The SMILES string of the molecule is O=[N+]([O-])c1ccc2ncnc(O[C@H]3CCCNC3)c2c1. The quantitative estimate of drug-likeness (QED) is 0.676. The average molecular weight is 274 g/mol. The van der Waals surface area contributed by atoms with Crippen molar-refractivity contribution in [2.45, 2.75) is 18.9 Å². The zero-order chi connectivity index (χ0) is 13.9. The number of benzene rings is 1. The third kappa shape index (κ3) is 2.53. The summed E-state index contributed by atoms with van der Waals surface area (Å²) in [5.41, 5.74) is 0.656. The Bertz CT molecular complexity index is 641. The van der Waals surface area contributed by atoms with E-state index >= 15 is 0 Å². The summed E-state index contributed by atoms with van der Waals surface area (Å²) in [7, 11) is 0. The van der Waals surface area contributed by atoms with Gasteiger partial charge in [0, 0.05) is 18.7 Å². The molecule has 0 amide bonds. The number of hydrogen-bond donors (Lipinski definition) is 1. The van der Waals surface area contributed by atoms with Gasteiger partial charge in [0.1, 0.15) is 12.4 Å². The molecule has 0 spiro atoms. The van der Waals surface area contributed by atoms with Gasteiger partial charge in [-0.1, -0.05) is 0 Å². The highest BCUT2D eigenvalue weighted by molar-refractivity contribution is 5.85. The van der Waals surface area contributed by atoms with Crippen LogP contribution in [0.1, 0.15) is 12.8 Å². The van der Waals surface area contributed by atoms with Gasteiger partial charge in [-0.3, -0.25) is 10.1 Å². The Kier molecular flexibility index (Phi) is 3.42. The van der Waals surface area contributed by atoms with E-state index in [1.165, 1.54) is 18.5 Å². The highest BCUT2D eigenvalue weighted by Gasteiger charge is 2.18. The molecule has 1 saturated heterocycles. The molecule has 1 N–H and O–H groups in total. The van der Waals surface area contributed by atoms with Crippen molar-refractivity contribution in [3.05, 3.63) is 34.6 Å². The average Bonchev–Trinajstić information content (AvgIpc) is 2.48. The molecule has 0 unspecified atom stereocenters. The third-order valence-corrected chi connectivity index (χ3v) is 3.32. The van der Waals surface area contributed by atoms with Crippen LogP contribution in [0.5, 0.6) is 5.88 Å². The first-order valence-corrected chi connectivity index (χ1v) is 6.50. The Balaban J connectivity index is 1.96. The predicted octanol–water partition coefficient (Wildman–Crippen LogP) is 1.67. The Morgan fingerprint density at radius 2 is 2.30 bits per heavy atom. The van der Waals surface area contributed by atoms with Crippen LogP contribution in [-0.4, -0.2) is 34.1 Å². The molecule has 0 bridgehead atoms. The van der Waals surface area contributed by atoms with Gasteiger partial charge in [-0.15, -0.1) is 0 Å². The number of nitro benzene ring substituents is 1. The maximum Gasteiger partial charge on any atom is 0.270 e. The van der Waals surface area contributed by atoms with E-state index in [9.17, 15) is 10.1 Å². The van der Waals surface area contributed by atoms with E-state index in [-0.39, 0.29) is 11.8 Å². The lowest BCUT2D eigenvalue weighted by Gasteiger charge is -2.23. The molecule has 1 aromatic heterocycles. The lowest BCUT2D eigenvalue weighted by molar-refractivity contribution is -0.384. The monoisotopic (exact) mass is 274 g/mol. The summed E-state index contributed by atoms with van der Waals surface area (Å²) in [6.45, 7) is 1.76. The lowest BCUT2D eigenvalue weighted by atomic mass is 10.1. The van der Waals surface area contributed by atoms with E-state index < -0.39 is 4.92 Å². The van der Waals surface area contributed by atoms with E-state index in [1.807, 2.05) is 0 Å². The molecular formula is C13H14N4O3. The van der Waals surface area contributed by atoms with Crippen molar-refractivity contribution in [1.82, 2.24) is 15.3 Å². The zero-order valence-corrected chi connectivity index (χ0v) is 10.8. The lowest BCUT2D eigenvalue weighted by Crippen LogP contribution is -2.37. The summed E-state index contributed by atoms with van der Waals surface area (Å²) < 4.78 is 5.87. The van der Waals surface area contributed by atoms with E-state index in [2.05, 4.69) is 15.3 Å². The van der Waals surface area contributed by atoms with E-state index in [0.29, 0.717) is 16.8 Å². The second-order valence-electron chi connectivity index (χ2n) is 4.72. The molecule has 1 aliphatic heterocycles.